The molecular weight excluding hydrogens is 264 g/mol. The topological polar surface area (TPSA) is 75.3 Å². The summed E-state index contributed by atoms with van der Waals surface area (Å²) in [4.78, 5) is 12.3. The van der Waals surface area contributed by atoms with Gasteiger partial charge < -0.3 is 16.2 Å². The largest absolute Gasteiger partial charge is 0.508 e. The molecule has 0 saturated heterocycles. The number of nitrogens with one attached hydrogen (secondary N) is 1. The molecule has 1 fully saturated rings. The van der Waals surface area contributed by atoms with Gasteiger partial charge in [0.25, 0.3) is 0 Å². The maximum absolute atomic E-state index is 12.3. The quantitative estimate of drug-likeness (QED) is 0.780. The molecule has 4 N–H and O–H groups in total. The first-order valence-electron chi connectivity index (χ1n) is 7.87. The van der Waals surface area contributed by atoms with Crippen molar-refractivity contribution in [3.05, 3.63) is 29.8 Å². The summed E-state index contributed by atoms with van der Waals surface area (Å²) >= 11 is 0. The Hall–Kier alpha value is -1.55. The maximum atomic E-state index is 12.3. The minimum atomic E-state index is -0.662. The fraction of sp³-hybridized carbons (Fsp3) is 0.588. The molecule has 0 spiro atoms. The monoisotopic (exact) mass is 290 g/mol. The molecule has 4 nitrogen and oxygen atoms in total. The SMILES string of the molecule is C[C@H](CCc1ccc(O)cc1)NC(=O)C1(N)CCCCC1. The first-order valence-corrected chi connectivity index (χ1v) is 7.87. The van der Waals surface area contributed by atoms with E-state index in [4.69, 9.17) is 5.73 Å². The summed E-state index contributed by atoms with van der Waals surface area (Å²) in [6, 6.07) is 7.31. The standard InChI is InChI=1S/C17H26N2O2/c1-13(5-6-14-7-9-15(20)10-8-14)19-16(21)17(18)11-3-2-4-12-17/h7-10,13,20H,2-6,11-12,18H2,1H3,(H,19,21)/t13-/m1/s1. The van der Waals surface area contributed by atoms with E-state index < -0.39 is 5.54 Å². The lowest BCUT2D eigenvalue weighted by Gasteiger charge is -2.33. The van der Waals surface area contributed by atoms with Crippen molar-refractivity contribution in [3.63, 3.8) is 0 Å². The van der Waals surface area contributed by atoms with Gasteiger partial charge in [-0.3, -0.25) is 4.79 Å². The molecule has 116 valence electrons. The second-order valence-electron chi connectivity index (χ2n) is 6.30. The van der Waals surface area contributed by atoms with Crippen LogP contribution >= 0.6 is 0 Å². The van der Waals surface area contributed by atoms with Gasteiger partial charge in [0.1, 0.15) is 5.75 Å². The normalized spacial score (nSPS) is 19.0. The average Bonchev–Trinajstić information content (AvgIpc) is 2.47. The highest BCUT2D eigenvalue weighted by Crippen LogP contribution is 2.26. The van der Waals surface area contributed by atoms with Crippen molar-refractivity contribution in [2.45, 2.75) is 63.5 Å². The van der Waals surface area contributed by atoms with Crippen LogP contribution in [-0.4, -0.2) is 22.6 Å². The van der Waals surface area contributed by atoms with Crippen LogP contribution in [0.3, 0.4) is 0 Å². The summed E-state index contributed by atoms with van der Waals surface area (Å²) in [5.41, 5.74) is 6.73. The maximum Gasteiger partial charge on any atom is 0.240 e. The van der Waals surface area contributed by atoms with Crippen molar-refractivity contribution in [3.8, 4) is 5.75 Å². The Morgan fingerprint density at radius 1 is 1.29 bits per heavy atom. The minimum Gasteiger partial charge on any atom is -0.508 e. The molecule has 4 heteroatoms. The van der Waals surface area contributed by atoms with E-state index in [2.05, 4.69) is 5.32 Å². The highest BCUT2D eigenvalue weighted by Gasteiger charge is 2.35. The van der Waals surface area contributed by atoms with Crippen molar-refractivity contribution in [1.82, 2.24) is 5.32 Å². The average molecular weight is 290 g/mol. The number of nitrogens with two attached hydrogens (primary N) is 1. The number of aryl methyl sites for hydroxylation is 1. The number of phenolic OH excluding ortho intramolecular Hbond substituents is 1. The number of hydrogen-bond acceptors (Lipinski definition) is 3. The van der Waals surface area contributed by atoms with Gasteiger partial charge in [-0.05, 0) is 50.3 Å². The van der Waals surface area contributed by atoms with Crippen LogP contribution in [0.25, 0.3) is 0 Å². The first-order chi connectivity index (χ1) is 9.99. The summed E-state index contributed by atoms with van der Waals surface area (Å²) < 4.78 is 0. The Balaban J connectivity index is 1.79. The molecule has 1 aromatic carbocycles. The van der Waals surface area contributed by atoms with Crippen molar-refractivity contribution >= 4 is 5.91 Å². The highest BCUT2D eigenvalue weighted by molar-refractivity contribution is 5.86. The van der Waals surface area contributed by atoms with Crippen LogP contribution in [0, 0.1) is 0 Å². The van der Waals surface area contributed by atoms with Crippen molar-refractivity contribution in [2.75, 3.05) is 0 Å². The Morgan fingerprint density at radius 3 is 2.52 bits per heavy atom. The predicted molar refractivity (Wildman–Crippen MR) is 84.0 cm³/mol. The zero-order valence-electron chi connectivity index (χ0n) is 12.8. The molecule has 1 aromatic rings. The Kier molecular flexibility index (Phi) is 5.23. The summed E-state index contributed by atoms with van der Waals surface area (Å²) in [7, 11) is 0. The smallest absolute Gasteiger partial charge is 0.240 e. The number of hydrogen-bond donors (Lipinski definition) is 3. The van der Waals surface area contributed by atoms with E-state index in [1.54, 1.807) is 12.1 Å². The predicted octanol–water partition coefficient (Wildman–Crippen LogP) is 2.49. The van der Waals surface area contributed by atoms with E-state index in [0.29, 0.717) is 0 Å². The van der Waals surface area contributed by atoms with Crippen molar-refractivity contribution < 1.29 is 9.90 Å². The van der Waals surface area contributed by atoms with E-state index >= 15 is 0 Å². The molecule has 21 heavy (non-hydrogen) atoms. The molecule has 1 atom stereocenters. The van der Waals surface area contributed by atoms with Gasteiger partial charge in [0.05, 0.1) is 5.54 Å². The fourth-order valence-corrected chi connectivity index (χ4v) is 2.90. The fourth-order valence-electron chi connectivity index (χ4n) is 2.90. The molecule has 2 rings (SSSR count). The van der Waals surface area contributed by atoms with Gasteiger partial charge in [0, 0.05) is 6.04 Å². The second-order valence-corrected chi connectivity index (χ2v) is 6.30. The van der Waals surface area contributed by atoms with Gasteiger partial charge in [-0.1, -0.05) is 31.4 Å². The molecular formula is C17H26N2O2. The zero-order chi connectivity index (χ0) is 15.3. The molecule has 1 aliphatic rings. The molecule has 0 unspecified atom stereocenters. The van der Waals surface area contributed by atoms with E-state index in [9.17, 15) is 9.90 Å². The van der Waals surface area contributed by atoms with Crippen LogP contribution in [-0.2, 0) is 11.2 Å². The minimum absolute atomic E-state index is 0.000376. The lowest BCUT2D eigenvalue weighted by Crippen LogP contribution is -2.56. The number of aromatic hydroxyl groups is 1. The third-order valence-electron chi connectivity index (χ3n) is 4.38. The number of carbonyl (C=O) groups is 1. The summed E-state index contributed by atoms with van der Waals surface area (Å²) in [5.74, 6) is 0.280. The van der Waals surface area contributed by atoms with Gasteiger partial charge in [-0.15, -0.1) is 0 Å². The third kappa shape index (κ3) is 4.46. The Bertz CT molecular complexity index is 464. The van der Waals surface area contributed by atoms with E-state index in [0.717, 1.165) is 44.1 Å². The van der Waals surface area contributed by atoms with Crippen LogP contribution in [0.5, 0.6) is 5.75 Å². The molecule has 1 amide bonds. The second kappa shape index (κ2) is 6.94. The van der Waals surface area contributed by atoms with Crippen LogP contribution in [0.15, 0.2) is 24.3 Å². The van der Waals surface area contributed by atoms with Gasteiger partial charge in [-0.25, -0.2) is 0 Å². The van der Waals surface area contributed by atoms with Crippen LogP contribution in [0.4, 0.5) is 0 Å². The van der Waals surface area contributed by atoms with Crippen LogP contribution < -0.4 is 11.1 Å². The van der Waals surface area contributed by atoms with E-state index in [-0.39, 0.29) is 17.7 Å². The van der Waals surface area contributed by atoms with E-state index in [1.807, 2.05) is 19.1 Å². The molecule has 0 aliphatic heterocycles. The van der Waals surface area contributed by atoms with Gasteiger partial charge in [-0.2, -0.15) is 0 Å². The highest BCUT2D eigenvalue weighted by atomic mass is 16.3. The summed E-state index contributed by atoms with van der Waals surface area (Å²) in [5, 5.41) is 12.3. The van der Waals surface area contributed by atoms with Gasteiger partial charge in [0.15, 0.2) is 0 Å². The molecule has 0 heterocycles. The molecule has 0 aromatic heterocycles. The van der Waals surface area contributed by atoms with Crippen LogP contribution in [0.1, 0.15) is 51.0 Å². The van der Waals surface area contributed by atoms with Crippen molar-refractivity contribution in [1.29, 1.82) is 0 Å². The lowest BCUT2D eigenvalue weighted by atomic mass is 9.81. The van der Waals surface area contributed by atoms with Gasteiger partial charge >= 0.3 is 0 Å². The molecule has 0 bridgehead atoms. The molecule has 0 radical (unpaired) electrons. The third-order valence-corrected chi connectivity index (χ3v) is 4.38. The van der Waals surface area contributed by atoms with Crippen molar-refractivity contribution in [2.24, 2.45) is 5.73 Å². The van der Waals surface area contributed by atoms with E-state index in [1.165, 1.54) is 6.42 Å². The number of benzene rings is 1. The number of amides is 1. The molecule has 1 aliphatic carbocycles. The number of rotatable bonds is 5. The number of carbonyl (C=O) groups excluding carboxylic acids is 1. The summed E-state index contributed by atoms with van der Waals surface area (Å²) in [6.45, 7) is 2.02. The first kappa shape index (κ1) is 15.8. The Morgan fingerprint density at radius 2 is 1.90 bits per heavy atom. The summed E-state index contributed by atoms with van der Waals surface area (Å²) in [6.07, 6.45) is 6.61. The zero-order valence-corrected chi connectivity index (χ0v) is 12.8. The van der Waals surface area contributed by atoms with Gasteiger partial charge in [0.2, 0.25) is 5.91 Å². The number of phenols is 1. The lowest BCUT2D eigenvalue weighted by molar-refractivity contribution is -0.128. The molecule has 1 saturated carbocycles. The van der Waals surface area contributed by atoms with Crippen LogP contribution in [0.2, 0.25) is 0 Å². The Labute approximate surface area is 126 Å².